The summed E-state index contributed by atoms with van der Waals surface area (Å²) in [6.07, 6.45) is 0. The van der Waals surface area contributed by atoms with E-state index in [-0.39, 0.29) is 0 Å². The van der Waals surface area contributed by atoms with E-state index in [4.69, 9.17) is 8.83 Å². The van der Waals surface area contributed by atoms with Gasteiger partial charge in [-0.1, -0.05) is 103 Å². The zero-order chi connectivity index (χ0) is 32.5. The molecule has 0 aliphatic carbocycles. The van der Waals surface area contributed by atoms with Gasteiger partial charge >= 0.3 is 0 Å². The van der Waals surface area contributed by atoms with Gasteiger partial charge in [-0.3, -0.25) is 0 Å². The SMILES string of the molecule is c1ccc2c(c1)oc1cc3c(cc12)sc1cccc(-c2c4ccccc4c(-c4cc5ccc6c7ccccc7oc6c5s4)c4ccccc24)c13. The number of hydrogen-bond acceptors (Lipinski definition) is 4. The van der Waals surface area contributed by atoms with Gasteiger partial charge in [0.1, 0.15) is 16.7 Å². The van der Waals surface area contributed by atoms with Crippen LogP contribution in [0.25, 0.3) is 117 Å². The molecule has 0 saturated carbocycles. The summed E-state index contributed by atoms with van der Waals surface area (Å²) in [6, 6.07) is 52.8. The normalized spacial score (nSPS) is 12.4. The van der Waals surface area contributed by atoms with Crippen LogP contribution in [0.4, 0.5) is 0 Å². The summed E-state index contributed by atoms with van der Waals surface area (Å²) in [5, 5.41) is 13.4. The van der Waals surface area contributed by atoms with Gasteiger partial charge in [0.2, 0.25) is 0 Å². The van der Waals surface area contributed by atoms with Crippen LogP contribution in [0, 0.1) is 0 Å². The molecule has 4 heteroatoms. The summed E-state index contributed by atoms with van der Waals surface area (Å²) in [5.74, 6) is 0. The Morgan fingerprint density at radius 2 is 1.02 bits per heavy atom. The first-order chi connectivity index (χ1) is 24.8. The number of furan rings is 2. The van der Waals surface area contributed by atoms with Crippen LogP contribution in [0.15, 0.2) is 154 Å². The Hall–Kier alpha value is -5.94. The number of benzene rings is 8. The van der Waals surface area contributed by atoms with E-state index < -0.39 is 0 Å². The number of hydrogen-bond donors (Lipinski definition) is 0. The van der Waals surface area contributed by atoms with Gasteiger partial charge in [-0.25, -0.2) is 0 Å². The summed E-state index contributed by atoms with van der Waals surface area (Å²) in [5.41, 5.74) is 7.57. The van der Waals surface area contributed by atoms with Gasteiger partial charge in [-0.2, -0.15) is 0 Å². The number of para-hydroxylation sites is 2. The number of fused-ring (bicyclic) bond motifs is 13. The van der Waals surface area contributed by atoms with Gasteiger partial charge in [0.25, 0.3) is 0 Å². The highest BCUT2D eigenvalue weighted by Crippen LogP contribution is 2.51. The summed E-state index contributed by atoms with van der Waals surface area (Å²) < 4.78 is 16.6. The molecule has 0 fully saturated rings. The fraction of sp³-hybridized carbons (Fsp3) is 0. The summed E-state index contributed by atoms with van der Waals surface area (Å²) in [7, 11) is 0. The second-order valence-electron chi connectivity index (χ2n) is 13.1. The van der Waals surface area contributed by atoms with Crippen molar-refractivity contribution in [3.63, 3.8) is 0 Å². The Bertz CT molecular complexity index is 3330. The highest BCUT2D eigenvalue weighted by Gasteiger charge is 2.22. The van der Waals surface area contributed by atoms with E-state index in [1.54, 1.807) is 0 Å². The average Bonchev–Trinajstić information content (AvgIpc) is 3.93. The first-order valence-electron chi connectivity index (χ1n) is 16.8. The molecule has 0 amide bonds. The molecular formula is C46H24O2S2. The highest BCUT2D eigenvalue weighted by molar-refractivity contribution is 7.26. The van der Waals surface area contributed by atoms with Crippen molar-refractivity contribution < 1.29 is 8.83 Å². The fourth-order valence-electron chi connectivity index (χ4n) is 8.34. The molecule has 232 valence electrons. The zero-order valence-electron chi connectivity index (χ0n) is 26.5. The van der Waals surface area contributed by atoms with Crippen LogP contribution in [0.3, 0.4) is 0 Å². The predicted molar refractivity (Wildman–Crippen MR) is 215 cm³/mol. The maximum Gasteiger partial charge on any atom is 0.153 e. The molecule has 0 spiro atoms. The molecule has 0 aliphatic heterocycles. The lowest BCUT2D eigenvalue weighted by atomic mass is 9.86. The van der Waals surface area contributed by atoms with E-state index in [1.165, 1.54) is 84.1 Å². The zero-order valence-corrected chi connectivity index (χ0v) is 28.1. The molecule has 0 atom stereocenters. The Morgan fingerprint density at radius 1 is 0.380 bits per heavy atom. The van der Waals surface area contributed by atoms with E-state index in [0.717, 1.165) is 33.1 Å². The average molecular weight is 673 g/mol. The van der Waals surface area contributed by atoms with Crippen LogP contribution in [-0.4, -0.2) is 0 Å². The molecule has 4 aromatic heterocycles. The Labute approximate surface area is 293 Å². The van der Waals surface area contributed by atoms with Crippen molar-refractivity contribution in [3.05, 3.63) is 146 Å². The minimum atomic E-state index is 0.930. The molecule has 12 rings (SSSR count). The summed E-state index contributed by atoms with van der Waals surface area (Å²) in [6.45, 7) is 0. The third-order valence-corrected chi connectivity index (χ3v) is 12.8. The molecular weight excluding hydrogens is 649 g/mol. The topological polar surface area (TPSA) is 26.3 Å². The molecule has 12 aromatic rings. The van der Waals surface area contributed by atoms with E-state index in [2.05, 4.69) is 133 Å². The van der Waals surface area contributed by atoms with E-state index in [1.807, 2.05) is 34.8 Å². The third kappa shape index (κ3) is 3.56. The lowest BCUT2D eigenvalue weighted by Gasteiger charge is -2.17. The maximum atomic E-state index is 6.48. The van der Waals surface area contributed by atoms with Crippen LogP contribution >= 0.6 is 22.7 Å². The van der Waals surface area contributed by atoms with Crippen LogP contribution in [0.2, 0.25) is 0 Å². The lowest BCUT2D eigenvalue weighted by Crippen LogP contribution is -1.90. The maximum absolute atomic E-state index is 6.48. The van der Waals surface area contributed by atoms with Crippen LogP contribution in [0.5, 0.6) is 0 Å². The molecule has 8 aromatic carbocycles. The van der Waals surface area contributed by atoms with Gasteiger partial charge in [-0.05, 0) is 80.5 Å². The summed E-state index contributed by atoms with van der Waals surface area (Å²) in [4.78, 5) is 1.25. The minimum absolute atomic E-state index is 0.930. The van der Waals surface area contributed by atoms with Gasteiger partial charge in [0, 0.05) is 52.2 Å². The third-order valence-electron chi connectivity index (χ3n) is 10.5. The highest BCUT2D eigenvalue weighted by atomic mass is 32.1. The second-order valence-corrected chi connectivity index (χ2v) is 15.3. The van der Waals surface area contributed by atoms with Crippen molar-refractivity contribution >= 4 is 118 Å². The molecule has 0 radical (unpaired) electrons. The molecule has 50 heavy (non-hydrogen) atoms. The Kier molecular flexibility index (Phi) is 5.29. The van der Waals surface area contributed by atoms with Gasteiger partial charge < -0.3 is 8.83 Å². The van der Waals surface area contributed by atoms with Crippen LogP contribution in [0.1, 0.15) is 0 Å². The molecule has 2 nitrogen and oxygen atoms in total. The number of rotatable bonds is 2. The Balaban J connectivity index is 1.17. The van der Waals surface area contributed by atoms with E-state index >= 15 is 0 Å². The molecule has 4 heterocycles. The van der Waals surface area contributed by atoms with Crippen molar-refractivity contribution in [2.24, 2.45) is 0 Å². The quantitative estimate of drug-likeness (QED) is 0.171. The molecule has 0 unspecified atom stereocenters. The fourth-order valence-corrected chi connectivity index (χ4v) is 10.7. The Morgan fingerprint density at radius 3 is 1.76 bits per heavy atom. The van der Waals surface area contributed by atoms with Crippen molar-refractivity contribution in [1.82, 2.24) is 0 Å². The van der Waals surface area contributed by atoms with Crippen molar-refractivity contribution in [2.45, 2.75) is 0 Å². The van der Waals surface area contributed by atoms with E-state index in [9.17, 15) is 0 Å². The van der Waals surface area contributed by atoms with Crippen LogP contribution in [-0.2, 0) is 0 Å². The second kappa shape index (κ2) is 9.82. The standard InChI is InChI=1S/C46H24O2S2/c1-3-14-30-28(12-1)42(33-16-9-19-39-44(33)35-23-38-34(24-40(35)49-39)27-11-6-7-17-36(27)47-38)29-13-2-4-15-31(29)43(30)41-22-25-20-21-32-26-10-5-8-18-37(26)48-45(32)46(25)50-41/h1-24H. The van der Waals surface area contributed by atoms with Crippen LogP contribution < -0.4 is 0 Å². The van der Waals surface area contributed by atoms with Crippen molar-refractivity contribution in [2.75, 3.05) is 0 Å². The smallest absolute Gasteiger partial charge is 0.153 e. The van der Waals surface area contributed by atoms with Gasteiger partial charge in [0.05, 0.1) is 4.70 Å². The monoisotopic (exact) mass is 672 g/mol. The molecule has 0 N–H and O–H groups in total. The lowest BCUT2D eigenvalue weighted by molar-refractivity contribution is 0.669. The first-order valence-corrected chi connectivity index (χ1v) is 18.5. The minimum Gasteiger partial charge on any atom is -0.456 e. The predicted octanol–water partition coefficient (Wildman–Crippen LogP) is 14.7. The molecule has 0 saturated heterocycles. The van der Waals surface area contributed by atoms with Gasteiger partial charge in [-0.15, -0.1) is 22.7 Å². The van der Waals surface area contributed by atoms with E-state index in [0.29, 0.717) is 0 Å². The van der Waals surface area contributed by atoms with Gasteiger partial charge in [0.15, 0.2) is 5.58 Å². The molecule has 0 aliphatic rings. The number of thiophene rings is 2. The van der Waals surface area contributed by atoms with Crippen molar-refractivity contribution in [1.29, 1.82) is 0 Å². The first kappa shape index (κ1) is 26.9. The van der Waals surface area contributed by atoms with Crippen molar-refractivity contribution in [3.8, 4) is 21.6 Å². The summed E-state index contributed by atoms with van der Waals surface area (Å²) >= 11 is 3.70. The largest absolute Gasteiger partial charge is 0.456 e. The molecule has 0 bridgehead atoms.